The number of carbonyl (C=O) groups excluding carboxylic acids is 1. The largest absolute Gasteiger partial charge is 0.494 e. The highest BCUT2D eigenvalue weighted by atomic mass is 32.2. The Bertz CT molecular complexity index is 1890. The third-order valence-corrected chi connectivity index (χ3v) is 10.1. The minimum absolute atomic E-state index is 0.213. The number of nitrogens with one attached hydrogen (secondary N) is 2. The van der Waals surface area contributed by atoms with E-state index in [1.54, 1.807) is 13.8 Å². The number of rotatable bonds is 8. The minimum Gasteiger partial charge on any atom is -0.494 e. The van der Waals surface area contributed by atoms with Crippen LogP contribution in [0.5, 0.6) is 5.88 Å². The van der Waals surface area contributed by atoms with Crippen LogP contribution in [0.4, 0.5) is 20.2 Å². The molecule has 13 heteroatoms. The molecule has 2 saturated heterocycles. The van der Waals surface area contributed by atoms with Gasteiger partial charge >= 0.3 is 0 Å². The fourth-order valence-corrected chi connectivity index (χ4v) is 7.44. The van der Waals surface area contributed by atoms with E-state index < -0.39 is 39.8 Å². The maximum atomic E-state index is 13.8. The molecule has 0 atom stereocenters. The molecule has 0 bridgehead atoms. The summed E-state index contributed by atoms with van der Waals surface area (Å²) in [5.41, 5.74) is 2.96. The normalized spacial score (nSPS) is 17.8. The number of benzene rings is 3. The number of fused-ring (bicyclic) bond motifs is 1. The van der Waals surface area contributed by atoms with Gasteiger partial charge in [-0.1, -0.05) is 30.3 Å². The first kappa shape index (κ1) is 31.6. The number of anilines is 1. The van der Waals surface area contributed by atoms with Crippen LogP contribution in [0.3, 0.4) is 0 Å². The lowest BCUT2D eigenvalue weighted by Gasteiger charge is -2.37. The molecular formula is C33H36F2N6O4S. The van der Waals surface area contributed by atoms with Gasteiger partial charge in [0.1, 0.15) is 0 Å². The molecule has 0 unspecified atom stereocenters. The van der Waals surface area contributed by atoms with Crippen molar-refractivity contribution in [3.63, 3.8) is 0 Å². The predicted octanol–water partition coefficient (Wildman–Crippen LogP) is 4.57. The lowest BCUT2D eigenvalue weighted by molar-refractivity contribution is -0.0945. The van der Waals surface area contributed by atoms with Crippen molar-refractivity contribution in [2.24, 2.45) is 4.99 Å². The Balaban J connectivity index is 1.49. The van der Waals surface area contributed by atoms with Crippen molar-refractivity contribution < 1.29 is 27.1 Å². The van der Waals surface area contributed by atoms with E-state index in [9.17, 15) is 27.1 Å². The second-order valence-electron chi connectivity index (χ2n) is 12.1. The molecule has 4 aromatic rings. The van der Waals surface area contributed by atoms with Crippen LogP contribution < -0.4 is 10.2 Å². The molecule has 1 amide bonds. The van der Waals surface area contributed by atoms with Crippen molar-refractivity contribution in [1.29, 1.82) is 0 Å². The smallest absolute Gasteiger partial charge is 0.275 e. The maximum absolute atomic E-state index is 13.8. The molecule has 6 rings (SSSR count). The zero-order chi connectivity index (χ0) is 32.8. The molecule has 242 valence electrons. The summed E-state index contributed by atoms with van der Waals surface area (Å²) >= 11 is 0. The molecule has 0 spiro atoms. The summed E-state index contributed by atoms with van der Waals surface area (Å²) in [5, 5.41) is 14.2. The van der Waals surface area contributed by atoms with Gasteiger partial charge in [0.15, 0.2) is 5.88 Å². The summed E-state index contributed by atoms with van der Waals surface area (Å²) in [6.07, 6.45) is 0. The molecule has 3 N–H and O–H groups in total. The first-order chi connectivity index (χ1) is 21.8. The predicted molar refractivity (Wildman–Crippen MR) is 174 cm³/mol. The summed E-state index contributed by atoms with van der Waals surface area (Å²) in [6.45, 7) is 5.24. The van der Waals surface area contributed by atoms with Gasteiger partial charge in [-0.2, -0.15) is 4.31 Å². The highest BCUT2D eigenvalue weighted by Crippen LogP contribution is 2.38. The number of aromatic amines is 1. The van der Waals surface area contributed by atoms with Crippen LogP contribution in [0.2, 0.25) is 0 Å². The van der Waals surface area contributed by atoms with Gasteiger partial charge in [0, 0.05) is 54.4 Å². The van der Waals surface area contributed by atoms with Crippen molar-refractivity contribution in [2.45, 2.75) is 30.7 Å². The highest BCUT2D eigenvalue weighted by Gasteiger charge is 2.50. The molecule has 3 heterocycles. The fraction of sp³-hybridized carbons (Fsp3) is 0.333. The van der Waals surface area contributed by atoms with Crippen LogP contribution in [-0.4, -0.2) is 97.6 Å². The van der Waals surface area contributed by atoms with Crippen molar-refractivity contribution in [3.8, 4) is 5.88 Å². The number of piperazine rings is 1. The van der Waals surface area contributed by atoms with Crippen LogP contribution in [0.15, 0.2) is 76.6 Å². The Labute approximate surface area is 266 Å². The molecule has 46 heavy (non-hydrogen) atoms. The standard InChI is InChI=1S/C33H36F2N6O4S/c1-21(2)36-31(42)26-17-27-25(18-28(26)46(44,45)41-19-33(34,35)20-41)29(32(43)38-27)30(22-7-5-4-6-8-22)37-23-9-11-24(12-10-23)40-15-13-39(3)14-16-40/h4-12,17-18,21,38,43H,13-16,19-20H2,1-3H3,(H,36,42). The molecule has 2 fully saturated rings. The van der Waals surface area contributed by atoms with Crippen LogP contribution in [0.25, 0.3) is 10.9 Å². The van der Waals surface area contributed by atoms with Gasteiger partial charge in [0.2, 0.25) is 10.0 Å². The average Bonchev–Trinajstić information content (AvgIpc) is 3.33. The maximum Gasteiger partial charge on any atom is 0.275 e. The molecule has 0 radical (unpaired) electrons. The number of likely N-dealkylation sites (N-methyl/N-ethyl adjacent to an activating group) is 1. The molecule has 10 nitrogen and oxygen atoms in total. The number of sulfonamides is 1. The Morgan fingerprint density at radius 3 is 2.26 bits per heavy atom. The number of halogens is 2. The summed E-state index contributed by atoms with van der Waals surface area (Å²) < 4.78 is 55.6. The third kappa shape index (κ3) is 6.22. The molecule has 1 aromatic heterocycles. The summed E-state index contributed by atoms with van der Waals surface area (Å²) in [6, 6.07) is 19.2. The Morgan fingerprint density at radius 2 is 1.65 bits per heavy atom. The van der Waals surface area contributed by atoms with Crippen LogP contribution in [0, 0.1) is 0 Å². The topological polar surface area (TPSA) is 121 Å². The highest BCUT2D eigenvalue weighted by molar-refractivity contribution is 7.89. The number of amides is 1. The second-order valence-corrected chi connectivity index (χ2v) is 14.0. The van der Waals surface area contributed by atoms with Gasteiger partial charge in [-0.15, -0.1) is 0 Å². The van der Waals surface area contributed by atoms with E-state index in [0.717, 1.165) is 31.9 Å². The van der Waals surface area contributed by atoms with Gasteiger partial charge in [-0.3, -0.25) is 4.79 Å². The number of carbonyl (C=O) groups is 1. The van der Waals surface area contributed by atoms with Gasteiger partial charge < -0.3 is 25.2 Å². The average molecular weight is 651 g/mol. The SMILES string of the molecule is CC(C)NC(=O)c1cc2[nH]c(O)c(C(=Nc3ccc(N4CCN(C)CC4)cc3)c3ccccc3)c2cc1S(=O)(=O)N1CC(F)(F)C1. The van der Waals surface area contributed by atoms with Gasteiger partial charge in [-0.05, 0) is 57.3 Å². The molecular weight excluding hydrogens is 614 g/mol. The summed E-state index contributed by atoms with van der Waals surface area (Å²) in [5.74, 6) is -4.12. The molecule has 2 aliphatic heterocycles. The number of hydrogen-bond donors (Lipinski definition) is 3. The first-order valence-electron chi connectivity index (χ1n) is 15.1. The third-order valence-electron chi connectivity index (χ3n) is 8.22. The minimum atomic E-state index is -4.50. The Kier molecular flexibility index (Phi) is 8.34. The Morgan fingerprint density at radius 1 is 1.00 bits per heavy atom. The number of hydrogen-bond acceptors (Lipinski definition) is 7. The molecule has 3 aromatic carbocycles. The van der Waals surface area contributed by atoms with Gasteiger partial charge in [-0.25, -0.2) is 22.2 Å². The fourth-order valence-electron chi connectivity index (χ4n) is 5.75. The lowest BCUT2D eigenvalue weighted by atomic mass is 10.00. The lowest BCUT2D eigenvalue weighted by Crippen LogP contribution is -2.58. The quantitative estimate of drug-likeness (QED) is 0.240. The summed E-state index contributed by atoms with van der Waals surface area (Å²) in [4.78, 5) is 25.2. The van der Waals surface area contributed by atoms with Gasteiger partial charge in [0.05, 0.1) is 40.5 Å². The zero-order valence-corrected chi connectivity index (χ0v) is 26.6. The number of alkyl halides is 2. The molecule has 0 saturated carbocycles. The van der Waals surface area contributed by atoms with E-state index >= 15 is 0 Å². The van der Waals surface area contributed by atoms with E-state index in [2.05, 4.69) is 27.1 Å². The van der Waals surface area contributed by atoms with E-state index in [0.29, 0.717) is 21.3 Å². The van der Waals surface area contributed by atoms with Crippen molar-refractivity contribution in [2.75, 3.05) is 51.2 Å². The Hall–Kier alpha value is -4.33. The molecule has 0 aliphatic carbocycles. The van der Waals surface area contributed by atoms with Gasteiger partial charge in [0.25, 0.3) is 11.8 Å². The number of aromatic hydroxyl groups is 1. The van der Waals surface area contributed by atoms with Crippen molar-refractivity contribution in [1.82, 2.24) is 19.5 Å². The monoisotopic (exact) mass is 650 g/mol. The number of aliphatic imine (C=N–C) groups is 1. The zero-order valence-electron chi connectivity index (χ0n) is 25.8. The number of aromatic nitrogens is 1. The second kappa shape index (κ2) is 12.1. The van der Waals surface area contributed by atoms with E-state index in [1.165, 1.54) is 12.1 Å². The summed E-state index contributed by atoms with van der Waals surface area (Å²) in [7, 11) is -2.40. The van der Waals surface area contributed by atoms with E-state index in [1.807, 2.05) is 54.6 Å². The van der Waals surface area contributed by atoms with Crippen LogP contribution >= 0.6 is 0 Å². The first-order valence-corrected chi connectivity index (χ1v) is 16.5. The van der Waals surface area contributed by atoms with Crippen molar-refractivity contribution in [3.05, 3.63) is 83.4 Å². The number of H-pyrrole nitrogens is 1. The number of nitrogens with zero attached hydrogens (tertiary/aromatic N) is 4. The van der Waals surface area contributed by atoms with Crippen LogP contribution in [-0.2, 0) is 10.0 Å². The van der Waals surface area contributed by atoms with Crippen LogP contribution in [0.1, 0.15) is 35.3 Å². The van der Waals surface area contributed by atoms with E-state index in [4.69, 9.17) is 4.99 Å². The van der Waals surface area contributed by atoms with Crippen molar-refractivity contribution >= 4 is 43.9 Å². The van der Waals surface area contributed by atoms with E-state index in [-0.39, 0.29) is 34.0 Å². The molecule has 2 aliphatic rings.